The van der Waals surface area contributed by atoms with E-state index in [4.69, 9.17) is 0 Å². The second-order valence-electron chi connectivity index (χ2n) is 7.20. The van der Waals surface area contributed by atoms with Gasteiger partial charge in [-0.3, -0.25) is 28.6 Å². The number of imide groups is 2. The molecule has 0 bridgehead atoms. The molecule has 2 aliphatic heterocycles. The number of carboxylic acid groups (broad SMARTS) is 1. The summed E-state index contributed by atoms with van der Waals surface area (Å²) in [5.41, 5.74) is 0.160. The minimum Gasteiger partial charge on any atom is -0.479 e. The Morgan fingerprint density at radius 3 is 2.17 bits per heavy atom. The van der Waals surface area contributed by atoms with Crippen LogP contribution in [0.25, 0.3) is 0 Å². The predicted molar refractivity (Wildman–Crippen MR) is 93.1 cm³/mol. The number of hydrogen-bond acceptors (Lipinski definition) is 8. The van der Waals surface area contributed by atoms with Gasteiger partial charge in [0.1, 0.15) is 5.25 Å². The zero-order valence-corrected chi connectivity index (χ0v) is 15.9. The summed E-state index contributed by atoms with van der Waals surface area (Å²) in [6.45, 7) is -0.0528. The summed E-state index contributed by atoms with van der Waals surface area (Å²) in [5, 5.41) is 8.62. The van der Waals surface area contributed by atoms with E-state index >= 15 is 0 Å². The van der Waals surface area contributed by atoms with Crippen molar-refractivity contribution in [2.45, 2.75) is 42.9 Å². The largest absolute Gasteiger partial charge is 0.479 e. The van der Waals surface area contributed by atoms with Gasteiger partial charge >= 0.3 is 5.97 Å². The number of carbonyl (C=O) groups is 5. The molecule has 0 spiro atoms. The first-order valence-electron chi connectivity index (χ1n) is 8.83. The lowest BCUT2D eigenvalue weighted by Crippen LogP contribution is -2.67. The van der Waals surface area contributed by atoms with Gasteiger partial charge in [0.15, 0.2) is 5.54 Å². The average molecular weight is 429 g/mol. The van der Waals surface area contributed by atoms with Crippen LogP contribution in [0.3, 0.4) is 0 Å². The van der Waals surface area contributed by atoms with Gasteiger partial charge in [0, 0.05) is 31.5 Å². The van der Waals surface area contributed by atoms with E-state index in [-0.39, 0.29) is 25.8 Å². The molecule has 3 N–H and O–H groups in total. The summed E-state index contributed by atoms with van der Waals surface area (Å²) in [6.07, 6.45) is 0.933. The smallest absolute Gasteiger partial charge is 0.331 e. The average Bonchev–Trinajstić information content (AvgIpc) is 3.13. The molecule has 4 amide bonds. The maximum absolute atomic E-state index is 12.2. The van der Waals surface area contributed by atoms with Crippen molar-refractivity contribution < 1.29 is 42.0 Å². The number of hydrogen-bond donors (Lipinski definition) is 3. The number of carbonyl (C=O) groups excluding carboxylic acids is 4. The van der Waals surface area contributed by atoms with Gasteiger partial charge in [-0.25, -0.2) is 15.2 Å². The van der Waals surface area contributed by atoms with E-state index in [0.717, 1.165) is 17.2 Å². The molecule has 1 saturated carbocycles. The van der Waals surface area contributed by atoms with Gasteiger partial charge in [-0.1, -0.05) is 0 Å². The Balaban J connectivity index is 1.86. The molecule has 29 heavy (non-hydrogen) atoms. The normalized spacial score (nSPS) is 30.5. The Morgan fingerprint density at radius 1 is 1.14 bits per heavy atom. The van der Waals surface area contributed by atoms with Crippen LogP contribution in [0.4, 0.5) is 0 Å². The van der Waals surface area contributed by atoms with Crippen molar-refractivity contribution in [3.05, 3.63) is 12.2 Å². The zero-order chi connectivity index (χ0) is 21.6. The topological polar surface area (TPSA) is 178 Å². The third-order valence-electron chi connectivity index (χ3n) is 5.54. The van der Waals surface area contributed by atoms with E-state index in [2.05, 4.69) is 5.43 Å². The Labute approximate surface area is 165 Å². The SMILES string of the molecule is O=C1C=CC(=O)N1NCC1CCC(C(=O)O)(N2C(=O)CCC2=O)C(S(=O)(=O)O)C1. The number of aliphatic carboxylic acids is 1. The van der Waals surface area contributed by atoms with Crippen molar-refractivity contribution >= 4 is 39.7 Å². The van der Waals surface area contributed by atoms with E-state index in [9.17, 15) is 42.0 Å². The van der Waals surface area contributed by atoms with E-state index in [1.807, 2.05) is 0 Å². The number of carboxylic acids is 1. The Hall–Kier alpha value is -2.64. The Bertz CT molecular complexity index is 894. The van der Waals surface area contributed by atoms with Crippen molar-refractivity contribution in [1.82, 2.24) is 15.3 Å². The van der Waals surface area contributed by atoms with Crippen molar-refractivity contribution in [3.8, 4) is 0 Å². The number of nitrogens with zero attached hydrogens (tertiary/aromatic N) is 2. The third-order valence-corrected chi connectivity index (χ3v) is 6.84. The summed E-state index contributed by atoms with van der Waals surface area (Å²) in [7, 11) is -4.97. The van der Waals surface area contributed by atoms with Gasteiger partial charge in [0.05, 0.1) is 0 Å². The fourth-order valence-corrected chi connectivity index (χ4v) is 5.48. The number of nitrogens with one attached hydrogen (secondary N) is 1. The van der Waals surface area contributed by atoms with Gasteiger partial charge in [-0.2, -0.15) is 8.42 Å². The van der Waals surface area contributed by atoms with Crippen LogP contribution in [0, 0.1) is 5.92 Å². The van der Waals surface area contributed by atoms with Crippen molar-refractivity contribution in [3.63, 3.8) is 0 Å². The first kappa shape index (κ1) is 21.1. The van der Waals surface area contributed by atoms with Gasteiger partial charge in [0.25, 0.3) is 21.9 Å². The standard InChI is InChI=1S/C16H19N3O9S/c20-11-1-2-12(21)18(11)16(15(24)25)6-5-9(7-10(16)29(26,27)28)8-17-19-13(22)3-4-14(19)23/h3-4,9-10,17H,1-2,5-8H2,(H,24,25)(H,26,27,28). The Morgan fingerprint density at radius 2 is 1.69 bits per heavy atom. The second-order valence-corrected chi connectivity index (χ2v) is 8.80. The molecule has 0 aromatic carbocycles. The van der Waals surface area contributed by atoms with Gasteiger partial charge in [-0.05, 0) is 25.2 Å². The quantitative estimate of drug-likeness (QED) is 0.330. The highest BCUT2D eigenvalue weighted by molar-refractivity contribution is 7.86. The summed E-state index contributed by atoms with van der Waals surface area (Å²) in [6, 6.07) is 0. The van der Waals surface area contributed by atoms with E-state index < -0.39 is 69.3 Å². The number of amides is 4. The molecular formula is C16H19N3O9S. The first-order chi connectivity index (χ1) is 13.5. The van der Waals surface area contributed by atoms with Crippen LogP contribution in [0.15, 0.2) is 12.2 Å². The number of hydrazine groups is 1. The molecule has 0 radical (unpaired) electrons. The summed E-state index contributed by atoms with van der Waals surface area (Å²) in [4.78, 5) is 60.1. The van der Waals surface area contributed by atoms with Crippen LogP contribution in [0.5, 0.6) is 0 Å². The molecule has 0 aromatic rings. The second kappa shape index (κ2) is 7.31. The molecule has 13 heteroatoms. The monoisotopic (exact) mass is 429 g/mol. The van der Waals surface area contributed by atoms with Crippen molar-refractivity contribution in [1.29, 1.82) is 0 Å². The summed E-state index contributed by atoms with van der Waals surface area (Å²) >= 11 is 0. The van der Waals surface area contributed by atoms with E-state index in [1.54, 1.807) is 0 Å². The van der Waals surface area contributed by atoms with Gasteiger partial charge < -0.3 is 5.11 Å². The highest BCUT2D eigenvalue weighted by Gasteiger charge is 2.62. The van der Waals surface area contributed by atoms with Crippen LogP contribution in [0.2, 0.25) is 0 Å². The van der Waals surface area contributed by atoms with Gasteiger partial charge in [0.2, 0.25) is 11.8 Å². The molecular weight excluding hydrogens is 410 g/mol. The maximum atomic E-state index is 12.2. The van der Waals surface area contributed by atoms with Crippen LogP contribution >= 0.6 is 0 Å². The van der Waals surface area contributed by atoms with Crippen LogP contribution < -0.4 is 5.43 Å². The summed E-state index contributed by atoms with van der Waals surface area (Å²) < 4.78 is 33.9. The molecule has 2 heterocycles. The number of rotatable bonds is 6. The minimum atomic E-state index is -4.97. The Kier molecular flexibility index (Phi) is 5.32. The first-order valence-corrected chi connectivity index (χ1v) is 10.3. The van der Waals surface area contributed by atoms with Gasteiger partial charge in [-0.15, -0.1) is 0 Å². The minimum absolute atomic E-state index is 0.0528. The third kappa shape index (κ3) is 3.56. The predicted octanol–water partition coefficient (Wildman–Crippen LogP) is -1.56. The molecule has 0 aromatic heterocycles. The van der Waals surface area contributed by atoms with Crippen LogP contribution in [-0.2, 0) is 34.1 Å². The molecule has 3 rings (SSSR count). The lowest BCUT2D eigenvalue weighted by molar-refractivity contribution is -0.165. The fraction of sp³-hybridized carbons (Fsp3) is 0.562. The van der Waals surface area contributed by atoms with Crippen LogP contribution in [0.1, 0.15) is 32.1 Å². The molecule has 3 unspecified atom stereocenters. The van der Waals surface area contributed by atoms with E-state index in [0.29, 0.717) is 4.90 Å². The molecule has 2 fully saturated rings. The molecule has 3 aliphatic rings. The zero-order valence-electron chi connectivity index (χ0n) is 15.1. The lowest BCUT2D eigenvalue weighted by Gasteiger charge is -2.46. The lowest BCUT2D eigenvalue weighted by atomic mass is 9.74. The molecule has 158 valence electrons. The highest BCUT2D eigenvalue weighted by atomic mass is 32.2. The van der Waals surface area contributed by atoms with Crippen molar-refractivity contribution in [2.24, 2.45) is 5.92 Å². The highest BCUT2D eigenvalue weighted by Crippen LogP contribution is 2.42. The molecule has 3 atom stereocenters. The van der Waals surface area contributed by atoms with E-state index in [1.165, 1.54) is 0 Å². The molecule has 12 nitrogen and oxygen atoms in total. The molecule has 1 saturated heterocycles. The summed E-state index contributed by atoms with van der Waals surface area (Å²) in [5.74, 6) is -5.06. The maximum Gasteiger partial charge on any atom is 0.331 e. The van der Waals surface area contributed by atoms with Crippen LogP contribution in [-0.4, -0.2) is 74.9 Å². The number of likely N-dealkylation sites (tertiary alicyclic amines) is 1. The van der Waals surface area contributed by atoms with Crippen molar-refractivity contribution in [2.75, 3.05) is 6.54 Å². The molecule has 1 aliphatic carbocycles. The fourth-order valence-electron chi connectivity index (χ4n) is 4.15.